The number of furan rings is 1. The van der Waals surface area contributed by atoms with Crippen LogP contribution in [0.4, 0.5) is 0 Å². The number of hydrogen-bond donors (Lipinski definition) is 0. The first-order valence-electron chi connectivity index (χ1n) is 13.6. The van der Waals surface area contributed by atoms with E-state index in [1.54, 1.807) is 0 Å². The quantitative estimate of drug-likeness (QED) is 0.230. The highest BCUT2D eigenvalue weighted by Gasteiger charge is 2.18. The standard InChI is InChI=1S/C37H23N3O/c1-3-12-25(13-4-1)35-38-36(26-14-5-2-6-15-26)40-37(39-35)32-20-10-19-31-30-22-21-27(23-33(30)41-34(31)32)29-18-9-16-24-11-7-8-17-28(24)29/h1-23H. The van der Waals surface area contributed by atoms with Crippen LogP contribution in [0.15, 0.2) is 144 Å². The van der Waals surface area contributed by atoms with Gasteiger partial charge in [0.05, 0.1) is 5.56 Å². The molecule has 0 aliphatic carbocycles. The van der Waals surface area contributed by atoms with Gasteiger partial charge in [0.25, 0.3) is 0 Å². The van der Waals surface area contributed by atoms with Crippen molar-refractivity contribution in [3.05, 3.63) is 140 Å². The normalized spacial score (nSPS) is 11.4. The molecule has 0 saturated heterocycles. The zero-order valence-electron chi connectivity index (χ0n) is 22.0. The number of hydrogen-bond acceptors (Lipinski definition) is 4. The van der Waals surface area contributed by atoms with E-state index in [1.165, 1.54) is 16.3 Å². The Bertz CT molecular complexity index is 2140. The Balaban J connectivity index is 1.33. The molecule has 0 radical (unpaired) electrons. The van der Waals surface area contributed by atoms with Crippen LogP contribution in [0.5, 0.6) is 0 Å². The Morgan fingerprint density at radius 3 is 1.73 bits per heavy atom. The number of nitrogens with zero attached hydrogens (tertiary/aromatic N) is 3. The summed E-state index contributed by atoms with van der Waals surface area (Å²) in [6, 6.07) is 47.5. The lowest BCUT2D eigenvalue weighted by atomic mass is 9.97. The van der Waals surface area contributed by atoms with Gasteiger partial charge in [0.2, 0.25) is 0 Å². The van der Waals surface area contributed by atoms with E-state index in [9.17, 15) is 0 Å². The minimum Gasteiger partial charge on any atom is -0.455 e. The molecule has 8 aromatic rings. The summed E-state index contributed by atoms with van der Waals surface area (Å²) >= 11 is 0. The van der Waals surface area contributed by atoms with Crippen molar-refractivity contribution >= 4 is 32.7 Å². The summed E-state index contributed by atoms with van der Waals surface area (Å²) < 4.78 is 6.60. The molecule has 0 amide bonds. The largest absolute Gasteiger partial charge is 0.455 e. The van der Waals surface area contributed by atoms with Crippen molar-refractivity contribution in [3.8, 4) is 45.3 Å². The van der Waals surface area contributed by atoms with Gasteiger partial charge >= 0.3 is 0 Å². The molecule has 4 nitrogen and oxygen atoms in total. The van der Waals surface area contributed by atoms with Crippen molar-refractivity contribution in [2.45, 2.75) is 0 Å². The smallest absolute Gasteiger partial charge is 0.167 e. The topological polar surface area (TPSA) is 51.8 Å². The number of para-hydroxylation sites is 1. The molecule has 0 aliphatic rings. The molecule has 0 atom stereocenters. The predicted octanol–water partition coefficient (Wildman–Crippen LogP) is 9.59. The fourth-order valence-electron chi connectivity index (χ4n) is 5.55. The van der Waals surface area contributed by atoms with E-state index in [2.05, 4.69) is 66.7 Å². The molecule has 0 aliphatic heterocycles. The first kappa shape index (κ1) is 23.3. The highest BCUT2D eigenvalue weighted by atomic mass is 16.3. The summed E-state index contributed by atoms with van der Waals surface area (Å²) in [4.78, 5) is 14.7. The van der Waals surface area contributed by atoms with Gasteiger partial charge in [-0.3, -0.25) is 0 Å². The number of fused-ring (bicyclic) bond motifs is 4. The van der Waals surface area contributed by atoms with Gasteiger partial charge < -0.3 is 4.42 Å². The monoisotopic (exact) mass is 525 g/mol. The van der Waals surface area contributed by atoms with Crippen LogP contribution in [0, 0.1) is 0 Å². The minimum atomic E-state index is 0.580. The average molecular weight is 526 g/mol. The molecule has 192 valence electrons. The molecule has 0 fully saturated rings. The molecule has 0 saturated carbocycles. The predicted molar refractivity (Wildman–Crippen MR) is 166 cm³/mol. The van der Waals surface area contributed by atoms with Crippen LogP contribution in [-0.4, -0.2) is 15.0 Å². The summed E-state index contributed by atoms with van der Waals surface area (Å²) in [7, 11) is 0. The van der Waals surface area contributed by atoms with E-state index < -0.39 is 0 Å². The van der Waals surface area contributed by atoms with E-state index >= 15 is 0 Å². The molecule has 2 heterocycles. The van der Waals surface area contributed by atoms with Crippen molar-refractivity contribution < 1.29 is 4.42 Å². The summed E-state index contributed by atoms with van der Waals surface area (Å²) in [5.41, 5.74) is 6.60. The van der Waals surface area contributed by atoms with Gasteiger partial charge in [-0.05, 0) is 40.1 Å². The van der Waals surface area contributed by atoms with Crippen molar-refractivity contribution in [3.63, 3.8) is 0 Å². The molecule has 2 aromatic heterocycles. The molecule has 0 bridgehead atoms. The maximum absolute atomic E-state index is 6.60. The Morgan fingerprint density at radius 1 is 0.390 bits per heavy atom. The molecule has 6 aromatic carbocycles. The van der Waals surface area contributed by atoms with Crippen LogP contribution in [-0.2, 0) is 0 Å². The Labute approximate surface area is 236 Å². The molecule has 41 heavy (non-hydrogen) atoms. The summed E-state index contributed by atoms with van der Waals surface area (Å²) in [6.45, 7) is 0. The third-order valence-electron chi connectivity index (χ3n) is 7.54. The lowest BCUT2D eigenvalue weighted by molar-refractivity contribution is 0.669. The third-order valence-corrected chi connectivity index (χ3v) is 7.54. The van der Waals surface area contributed by atoms with Crippen molar-refractivity contribution in [2.75, 3.05) is 0 Å². The molecule has 0 unspecified atom stereocenters. The van der Waals surface area contributed by atoms with Gasteiger partial charge in [0.15, 0.2) is 17.5 Å². The molecule has 4 heteroatoms. The first-order valence-corrected chi connectivity index (χ1v) is 13.6. The molecular weight excluding hydrogens is 502 g/mol. The zero-order valence-corrected chi connectivity index (χ0v) is 22.0. The maximum atomic E-state index is 6.60. The van der Waals surface area contributed by atoms with Gasteiger partial charge in [-0.1, -0.05) is 121 Å². The van der Waals surface area contributed by atoms with Crippen molar-refractivity contribution in [2.24, 2.45) is 0 Å². The maximum Gasteiger partial charge on any atom is 0.167 e. The van der Waals surface area contributed by atoms with Gasteiger partial charge in [-0.2, -0.15) is 0 Å². The SMILES string of the molecule is c1ccc(-c2nc(-c3ccccc3)nc(-c3cccc4c3oc3cc(-c5cccc6ccccc56)ccc34)n2)cc1. The fraction of sp³-hybridized carbons (Fsp3) is 0. The molecule has 8 rings (SSSR count). The van der Waals surface area contributed by atoms with E-state index in [4.69, 9.17) is 19.4 Å². The first-order chi connectivity index (χ1) is 20.3. The summed E-state index contributed by atoms with van der Waals surface area (Å²) in [5, 5.41) is 4.53. The van der Waals surface area contributed by atoms with Gasteiger partial charge in [0, 0.05) is 21.9 Å². The zero-order chi connectivity index (χ0) is 27.2. The van der Waals surface area contributed by atoms with Crippen LogP contribution < -0.4 is 0 Å². The van der Waals surface area contributed by atoms with E-state index in [1.807, 2.05) is 72.8 Å². The molecular formula is C37H23N3O. The molecule has 0 N–H and O–H groups in total. The number of rotatable bonds is 4. The van der Waals surface area contributed by atoms with Crippen LogP contribution in [0.1, 0.15) is 0 Å². The Kier molecular flexibility index (Phi) is 5.42. The average Bonchev–Trinajstić information content (AvgIpc) is 3.43. The molecule has 0 spiro atoms. The summed E-state index contributed by atoms with van der Waals surface area (Å²) in [6.07, 6.45) is 0. The van der Waals surface area contributed by atoms with Crippen molar-refractivity contribution in [1.29, 1.82) is 0 Å². The third kappa shape index (κ3) is 4.05. The second-order valence-corrected chi connectivity index (χ2v) is 10.1. The van der Waals surface area contributed by atoms with Crippen LogP contribution in [0.25, 0.3) is 78.0 Å². The number of benzene rings is 6. The van der Waals surface area contributed by atoms with Gasteiger partial charge in [0.1, 0.15) is 11.2 Å². The van der Waals surface area contributed by atoms with Crippen LogP contribution in [0.3, 0.4) is 0 Å². The lowest BCUT2D eigenvalue weighted by Crippen LogP contribution is -2.00. The minimum absolute atomic E-state index is 0.580. The summed E-state index contributed by atoms with van der Waals surface area (Å²) in [5.74, 6) is 1.83. The van der Waals surface area contributed by atoms with Gasteiger partial charge in [-0.25, -0.2) is 15.0 Å². The highest BCUT2D eigenvalue weighted by molar-refractivity contribution is 6.10. The van der Waals surface area contributed by atoms with E-state index in [0.717, 1.165) is 44.2 Å². The van der Waals surface area contributed by atoms with Gasteiger partial charge in [-0.15, -0.1) is 0 Å². The second kappa shape index (κ2) is 9.54. The Hall–Kier alpha value is -5.61. The fourth-order valence-corrected chi connectivity index (χ4v) is 5.55. The van der Waals surface area contributed by atoms with Crippen LogP contribution >= 0.6 is 0 Å². The van der Waals surface area contributed by atoms with E-state index in [-0.39, 0.29) is 0 Å². The highest BCUT2D eigenvalue weighted by Crippen LogP contribution is 2.38. The number of aromatic nitrogens is 3. The van der Waals surface area contributed by atoms with Crippen molar-refractivity contribution in [1.82, 2.24) is 15.0 Å². The second-order valence-electron chi connectivity index (χ2n) is 10.1. The van der Waals surface area contributed by atoms with E-state index in [0.29, 0.717) is 17.5 Å². The Morgan fingerprint density at radius 2 is 0.976 bits per heavy atom. The lowest BCUT2D eigenvalue weighted by Gasteiger charge is -2.08. The van der Waals surface area contributed by atoms with Crippen LogP contribution in [0.2, 0.25) is 0 Å².